The maximum absolute atomic E-state index is 4.43. The van der Waals surface area contributed by atoms with Gasteiger partial charge in [0.05, 0.1) is 4.47 Å². The van der Waals surface area contributed by atoms with Crippen molar-refractivity contribution in [3.05, 3.63) is 58.2 Å². The Bertz CT molecular complexity index is 554. The normalized spacial score (nSPS) is 21.7. The number of aromatic nitrogens is 1. The highest BCUT2D eigenvalue weighted by molar-refractivity contribution is 9.10. The van der Waals surface area contributed by atoms with E-state index in [1.807, 2.05) is 13.1 Å². The van der Waals surface area contributed by atoms with Crippen molar-refractivity contribution in [2.75, 3.05) is 5.32 Å². The van der Waals surface area contributed by atoms with Gasteiger partial charge in [-0.15, -0.1) is 0 Å². The number of pyridine rings is 1. The molecule has 1 aromatic heterocycles. The molecule has 92 valence electrons. The molecule has 1 aliphatic carbocycles. The maximum Gasteiger partial charge on any atom is 0.140 e. The molecule has 2 atom stereocenters. The molecule has 0 bridgehead atoms. The van der Waals surface area contributed by atoms with Crippen molar-refractivity contribution < 1.29 is 0 Å². The average Bonchev–Trinajstić information content (AvgIpc) is 3.13. The molecule has 18 heavy (non-hydrogen) atoms. The SMILES string of the molecule is Cc1cnc(NC2CC2c2ccccc2)c(Br)c1. The van der Waals surface area contributed by atoms with Crippen LogP contribution in [-0.2, 0) is 0 Å². The van der Waals surface area contributed by atoms with Gasteiger partial charge in [0.15, 0.2) is 0 Å². The summed E-state index contributed by atoms with van der Waals surface area (Å²) in [6, 6.07) is 13.3. The van der Waals surface area contributed by atoms with Gasteiger partial charge < -0.3 is 5.32 Å². The van der Waals surface area contributed by atoms with E-state index in [0.29, 0.717) is 12.0 Å². The van der Waals surface area contributed by atoms with Crippen LogP contribution in [0.4, 0.5) is 5.82 Å². The topological polar surface area (TPSA) is 24.9 Å². The van der Waals surface area contributed by atoms with Crippen molar-refractivity contribution in [2.45, 2.75) is 25.3 Å². The van der Waals surface area contributed by atoms with Crippen LogP contribution in [0.3, 0.4) is 0 Å². The Kier molecular flexibility index (Phi) is 3.08. The molecule has 0 aliphatic heterocycles. The zero-order valence-electron chi connectivity index (χ0n) is 10.2. The van der Waals surface area contributed by atoms with E-state index in [1.54, 1.807) is 0 Å². The Morgan fingerprint density at radius 1 is 1.28 bits per heavy atom. The van der Waals surface area contributed by atoms with Gasteiger partial charge in [-0.3, -0.25) is 0 Å². The monoisotopic (exact) mass is 302 g/mol. The van der Waals surface area contributed by atoms with Crippen LogP contribution in [0, 0.1) is 6.92 Å². The molecule has 3 rings (SSSR count). The van der Waals surface area contributed by atoms with Crippen molar-refractivity contribution in [2.24, 2.45) is 0 Å². The Labute approximate surface area is 116 Å². The highest BCUT2D eigenvalue weighted by Gasteiger charge is 2.38. The lowest BCUT2D eigenvalue weighted by atomic mass is 10.1. The first-order valence-corrected chi connectivity index (χ1v) is 6.97. The van der Waals surface area contributed by atoms with Crippen LogP contribution in [0.5, 0.6) is 0 Å². The van der Waals surface area contributed by atoms with Gasteiger partial charge >= 0.3 is 0 Å². The Hall–Kier alpha value is -1.35. The summed E-state index contributed by atoms with van der Waals surface area (Å²) in [5.41, 5.74) is 2.58. The fourth-order valence-corrected chi connectivity index (χ4v) is 2.82. The summed E-state index contributed by atoms with van der Waals surface area (Å²) in [5.74, 6) is 1.57. The molecule has 3 heteroatoms. The Morgan fingerprint density at radius 2 is 2.06 bits per heavy atom. The Balaban J connectivity index is 1.69. The molecule has 0 saturated heterocycles. The molecular formula is C15H15BrN2. The standard InChI is InChI=1S/C15H15BrN2/c1-10-7-13(16)15(17-9-10)18-14-8-12(14)11-5-3-2-4-6-11/h2-7,9,12,14H,8H2,1H3,(H,17,18). The number of hydrogen-bond donors (Lipinski definition) is 1. The summed E-state index contributed by atoms with van der Waals surface area (Å²) in [6.07, 6.45) is 3.08. The first-order chi connectivity index (χ1) is 8.74. The van der Waals surface area contributed by atoms with Gasteiger partial charge in [-0.2, -0.15) is 0 Å². The van der Waals surface area contributed by atoms with E-state index >= 15 is 0 Å². The number of halogens is 1. The summed E-state index contributed by atoms with van der Waals surface area (Å²) in [4.78, 5) is 4.43. The highest BCUT2D eigenvalue weighted by Crippen LogP contribution is 2.43. The molecule has 0 amide bonds. The van der Waals surface area contributed by atoms with E-state index in [9.17, 15) is 0 Å². The number of aryl methyl sites for hydroxylation is 1. The van der Waals surface area contributed by atoms with E-state index in [-0.39, 0.29) is 0 Å². The first-order valence-electron chi connectivity index (χ1n) is 6.17. The van der Waals surface area contributed by atoms with Crippen molar-refractivity contribution in [3.8, 4) is 0 Å². The minimum Gasteiger partial charge on any atom is -0.366 e. The highest BCUT2D eigenvalue weighted by atomic mass is 79.9. The van der Waals surface area contributed by atoms with Crippen LogP contribution in [-0.4, -0.2) is 11.0 Å². The molecule has 2 nitrogen and oxygen atoms in total. The molecule has 1 aliphatic rings. The molecule has 0 spiro atoms. The number of rotatable bonds is 3. The molecule has 1 N–H and O–H groups in total. The van der Waals surface area contributed by atoms with Crippen LogP contribution in [0.25, 0.3) is 0 Å². The van der Waals surface area contributed by atoms with Gasteiger partial charge in [-0.1, -0.05) is 30.3 Å². The van der Waals surface area contributed by atoms with Crippen LogP contribution in [0.1, 0.15) is 23.5 Å². The van der Waals surface area contributed by atoms with Gasteiger partial charge in [-0.05, 0) is 46.5 Å². The summed E-state index contributed by atoms with van der Waals surface area (Å²) in [7, 11) is 0. The van der Waals surface area contributed by atoms with Gasteiger partial charge in [0.2, 0.25) is 0 Å². The van der Waals surface area contributed by atoms with Crippen molar-refractivity contribution in [1.82, 2.24) is 4.98 Å². The summed E-state index contributed by atoms with van der Waals surface area (Å²) < 4.78 is 1.04. The summed E-state index contributed by atoms with van der Waals surface area (Å²) in [5, 5.41) is 3.50. The molecule has 2 unspecified atom stereocenters. The molecule has 1 saturated carbocycles. The molecule has 1 aromatic carbocycles. The van der Waals surface area contributed by atoms with E-state index in [1.165, 1.54) is 17.5 Å². The number of benzene rings is 1. The lowest BCUT2D eigenvalue weighted by Gasteiger charge is -2.07. The van der Waals surface area contributed by atoms with Crippen molar-refractivity contribution in [1.29, 1.82) is 0 Å². The summed E-state index contributed by atoms with van der Waals surface area (Å²) in [6.45, 7) is 2.05. The zero-order chi connectivity index (χ0) is 12.5. The Morgan fingerprint density at radius 3 is 2.78 bits per heavy atom. The molecular weight excluding hydrogens is 288 g/mol. The number of nitrogens with one attached hydrogen (secondary N) is 1. The number of hydrogen-bond acceptors (Lipinski definition) is 2. The largest absolute Gasteiger partial charge is 0.366 e. The van der Waals surface area contributed by atoms with E-state index in [0.717, 1.165) is 10.3 Å². The third kappa shape index (κ3) is 2.41. The minimum atomic E-state index is 0.513. The van der Waals surface area contributed by atoms with E-state index in [4.69, 9.17) is 0 Å². The molecule has 0 radical (unpaired) electrons. The predicted molar refractivity (Wildman–Crippen MR) is 77.9 cm³/mol. The van der Waals surface area contributed by atoms with Crippen LogP contribution < -0.4 is 5.32 Å². The van der Waals surface area contributed by atoms with Crippen molar-refractivity contribution >= 4 is 21.7 Å². The maximum atomic E-state index is 4.43. The average molecular weight is 303 g/mol. The molecule has 2 aromatic rings. The van der Waals surface area contributed by atoms with Gasteiger partial charge in [0.1, 0.15) is 5.82 Å². The lowest BCUT2D eigenvalue weighted by molar-refractivity contribution is 1.03. The quantitative estimate of drug-likeness (QED) is 0.922. The number of nitrogens with zero attached hydrogens (tertiary/aromatic N) is 1. The predicted octanol–water partition coefficient (Wildman–Crippen LogP) is 4.12. The fourth-order valence-electron chi connectivity index (χ4n) is 2.24. The van der Waals surface area contributed by atoms with Crippen LogP contribution >= 0.6 is 15.9 Å². The number of anilines is 1. The summed E-state index contributed by atoms with van der Waals surface area (Å²) >= 11 is 3.55. The van der Waals surface area contributed by atoms with Gasteiger partial charge in [0.25, 0.3) is 0 Å². The second-order valence-corrected chi connectivity index (χ2v) is 5.70. The van der Waals surface area contributed by atoms with Crippen LogP contribution in [0.15, 0.2) is 47.1 Å². The third-order valence-electron chi connectivity index (χ3n) is 3.32. The van der Waals surface area contributed by atoms with E-state index < -0.39 is 0 Å². The molecule has 1 heterocycles. The van der Waals surface area contributed by atoms with E-state index in [2.05, 4.69) is 62.6 Å². The van der Waals surface area contributed by atoms with Crippen molar-refractivity contribution in [3.63, 3.8) is 0 Å². The first kappa shape index (κ1) is 11.7. The smallest absolute Gasteiger partial charge is 0.140 e. The third-order valence-corrected chi connectivity index (χ3v) is 3.92. The van der Waals surface area contributed by atoms with Crippen LogP contribution in [0.2, 0.25) is 0 Å². The van der Waals surface area contributed by atoms with Gasteiger partial charge in [0, 0.05) is 18.2 Å². The van der Waals surface area contributed by atoms with Gasteiger partial charge in [-0.25, -0.2) is 4.98 Å². The second kappa shape index (κ2) is 4.73. The second-order valence-electron chi connectivity index (χ2n) is 4.85. The minimum absolute atomic E-state index is 0.513. The molecule has 1 fully saturated rings. The zero-order valence-corrected chi connectivity index (χ0v) is 11.8. The lowest BCUT2D eigenvalue weighted by Crippen LogP contribution is -2.06. The fraction of sp³-hybridized carbons (Fsp3) is 0.267.